The van der Waals surface area contributed by atoms with Gasteiger partial charge < -0.3 is 18.9 Å². The zero-order valence-corrected chi connectivity index (χ0v) is 17.5. The second-order valence-corrected chi connectivity index (χ2v) is 8.44. The Hall–Kier alpha value is -2.02. The largest absolute Gasteiger partial charge is 0.462 e. The van der Waals surface area contributed by atoms with Gasteiger partial charge >= 0.3 is 5.97 Å². The topological polar surface area (TPSA) is 71.1 Å². The third-order valence-corrected chi connectivity index (χ3v) is 6.20. The van der Waals surface area contributed by atoms with Crippen LogP contribution in [-0.2, 0) is 41.6 Å². The minimum atomic E-state index is -0.201. The summed E-state index contributed by atoms with van der Waals surface area (Å²) in [6.07, 6.45) is 7.60. The fourth-order valence-electron chi connectivity index (χ4n) is 4.80. The molecule has 1 saturated carbocycles. The molecule has 0 aromatic heterocycles. The average molecular weight is 414 g/mol. The molecule has 30 heavy (non-hydrogen) atoms. The van der Waals surface area contributed by atoms with Crippen LogP contribution in [0.15, 0.2) is 36.4 Å². The van der Waals surface area contributed by atoms with E-state index in [9.17, 15) is 9.59 Å². The van der Waals surface area contributed by atoms with E-state index in [2.05, 4.69) is 0 Å². The molecule has 1 unspecified atom stereocenters. The first kappa shape index (κ1) is 21.2. The molecule has 6 heteroatoms. The molecule has 4 rings (SSSR count). The molecule has 1 aliphatic carbocycles. The van der Waals surface area contributed by atoms with Crippen LogP contribution in [0.2, 0.25) is 0 Å². The van der Waals surface area contributed by atoms with Gasteiger partial charge in [0.25, 0.3) is 0 Å². The van der Waals surface area contributed by atoms with Crippen LogP contribution in [0.5, 0.6) is 0 Å². The number of ketones is 1. The number of rotatable bonds is 8. The molecule has 2 saturated heterocycles. The first-order valence-electron chi connectivity index (χ1n) is 10.9. The molecule has 0 bridgehead atoms. The third-order valence-electron chi connectivity index (χ3n) is 6.20. The van der Waals surface area contributed by atoms with E-state index in [-0.39, 0.29) is 42.1 Å². The Morgan fingerprint density at radius 2 is 2.13 bits per heavy atom. The van der Waals surface area contributed by atoms with Crippen molar-refractivity contribution in [3.8, 4) is 0 Å². The number of carbonyl (C=O) groups excluding carboxylic acids is 2. The lowest BCUT2D eigenvalue weighted by Gasteiger charge is -2.28. The third kappa shape index (κ3) is 5.17. The zero-order valence-electron chi connectivity index (χ0n) is 17.5. The molecule has 0 radical (unpaired) electrons. The van der Waals surface area contributed by atoms with Crippen molar-refractivity contribution in [2.24, 2.45) is 11.8 Å². The number of allylic oxidation sites excluding steroid dienone is 1. The van der Waals surface area contributed by atoms with Crippen molar-refractivity contribution in [3.63, 3.8) is 0 Å². The number of hydrogen-bond acceptors (Lipinski definition) is 6. The molecule has 3 aliphatic rings. The van der Waals surface area contributed by atoms with Crippen LogP contribution in [0.4, 0.5) is 0 Å². The van der Waals surface area contributed by atoms with Crippen molar-refractivity contribution >= 4 is 11.8 Å². The standard InChI is InChI=1S/C24H30O6/c1-27-15-17-6-4-5-16(11-17)12-18(25)8-9-19-20-13-23(26)29-22(20)14-21(19)30-24-7-2-3-10-28-24/h4-6,8-9,11,19-22,24H,2-3,7,10,12-15H2,1H3/b9-8+/t19-,20-,21-,22+,24?/m1/s1. The Balaban J connectivity index is 1.41. The monoisotopic (exact) mass is 414 g/mol. The molecule has 2 heterocycles. The van der Waals surface area contributed by atoms with Gasteiger partial charge in [-0.25, -0.2) is 0 Å². The van der Waals surface area contributed by atoms with Crippen molar-refractivity contribution < 1.29 is 28.5 Å². The summed E-state index contributed by atoms with van der Waals surface area (Å²) >= 11 is 0. The minimum Gasteiger partial charge on any atom is -0.462 e. The van der Waals surface area contributed by atoms with Gasteiger partial charge in [0.2, 0.25) is 0 Å². The number of esters is 1. The quantitative estimate of drug-likeness (QED) is 0.480. The normalized spacial score (nSPS) is 31.1. The fourth-order valence-corrected chi connectivity index (χ4v) is 4.80. The summed E-state index contributed by atoms with van der Waals surface area (Å²) in [4.78, 5) is 24.4. The molecule has 0 spiro atoms. The average Bonchev–Trinajstić information content (AvgIpc) is 3.23. The van der Waals surface area contributed by atoms with E-state index >= 15 is 0 Å². The number of ether oxygens (including phenoxy) is 4. The van der Waals surface area contributed by atoms with Gasteiger partial charge in [-0.15, -0.1) is 0 Å². The highest BCUT2D eigenvalue weighted by Gasteiger charge is 2.50. The second-order valence-electron chi connectivity index (χ2n) is 8.44. The number of fused-ring (bicyclic) bond motifs is 1. The Morgan fingerprint density at radius 3 is 2.93 bits per heavy atom. The molecule has 0 amide bonds. The van der Waals surface area contributed by atoms with Crippen LogP contribution >= 0.6 is 0 Å². The first-order chi connectivity index (χ1) is 14.6. The predicted octanol–water partition coefficient (Wildman–Crippen LogP) is 3.36. The lowest BCUT2D eigenvalue weighted by Crippen LogP contribution is -2.31. The van der Waals surface area contributed by atoms with E-state index < -0.39 is 0 Å². The summed E-state index contributed by atoms with van der Waals surface area (Å²) in [7, 11) is 1.66. The Morgan fingerprint density at radius 1 is 1.27 bits per heavy atom. The summed E-state index contributed by atoms with van der Waals surface area (Å²) in [5.41, 5.74) is 2.01. The number of benzene rings is 1. The summed E-state index contributed by atoms with van der Waals surface area (Å²) in [5.74, 6) is -0.0705. The Bertz CT molecular complexity index is 782. The maximum atomic E-state index is 12.6. The van der Waals surface area contributed by atoms with Crippen molar-refractivity contribution in [1.29, 1.82) is 0 Å². The molecular weight excluding hydrogens is 384 g/mol. The van der Waals surface area contributed by atoms with Crippen LogP contribution in [-0.4, -0.2) is 44.0 Å². The zero-order chi connectivity index (χ0) is 20.9. The van der Waals surface area contributed by atoms with Crippen LogP contribution < -0.4 is 0 Å². The van der Waals surface area contributed by atoms with Crippen LogP contribution in [0.3, 0.4) is 0 Å². The van der Waals surface area contributed by atoms with Gasteiger partial charge in [-0.3, -0.25) is 9.59 Å². The second kappa shape index (κ2) is 9.86. The SMILES string of the molecule is COCc1cccc(CC(=O)/C=C/[C@@H]2[C@H]3CC(=O)O[C@H]3C[C@H]2OC2CCCCO2)c1. The molecule has 0 N–H and O–H groups in total. The molecular formula is C24H30O6. The summed E-state index contributed by atoms with van der Waals surface area (Å²) < 4.78 is 22.6. The summed E-state index contributed by atoms with van der Waals surface area (Å²) in [6.45, 7) is 1.25. The van der Waals surface area contributed by atoms with E-state index in [1.165, 1.54) is 0 Å². The smallest absolute Gasteiger partial charge is 0.306 e. The maximum absolute atomic E-state index is 12.6. The fraction of sp³-hybridized carbons (Fsp3) is 0.583. The van der Waals surface area contributed by atoms with E-state index in [1.807, 2.05) is 30.3 Å². The van der Waals surface area contributed by atoms with Gasteiger partial charge in [-0.1, -0.05) is 30.3 Å². The van der Waals surface area contributed by atoms with Gasteiger partial charge in [0.1, 0.15) is 6.10 Å². The van der Waals surface area contributed by atoms with E-state index in [0.717, 1.165) is 37.0 Å². The van der Waals surface area contributed by atoms with Gasteiger partial charge in [0.05, 0.1) is 19.1 Å². The minimum absolute atomic E-state index is 0.0178. The molecule has 162 valence electrons. The van der Waals surface area contributed by atoms with E-state index in [0.29, 0.717) is 25.9 Å². The van der Waals surface area contributed by atoms with Crippen LogP contribution in [0.1, 0.15) is 43.2 Å². The lowest BCUT2D eigenvalue weighted by atomic mass is 9.91. The lowest BCUT2D eigenvalue weighted by molar-refractivity contribution is -0.194. The molecule has 1 aromatic carbocycles. The molecule has 2 aliphatic heterocycles. The maximum Gasteiger partial charge on any atom is 0.306 e. The predicted molar refractivity (Wildman–Crippen MR) is 110 cm³/mol. The van der Waals surface area contributed by atoms with Crippen LogP contribution in [0, 0.1) is 11.8 Å². The van der Waals surface area contributed by atoms with Crippen molar-refractivity contribution in [2.75, 3.05) is 13.7 Å². The van der Waals surface area contributed by atoms with E-state index in [4.69, 9.17) is 18.9 Å². The highest BCUT2D eigenvalue weighted by Crippen LogP contribution is 2.44. The number of methoxy groups -OCH3 is 1. The van der Waals surface area contributed by atoms with Gasteiger partial charge in [-0.05, 0) is 36.5 Å². The van der Waals surface area contributed by atoms with Crippen molar-refractivity contribution in [3.05, 3.63) is 47.5 Å². The van der Waals surface area contributed by atoms with Gasteiger partial charge in [0, 0.05) is 38.4 Å². The molecule has 1 aromatic rings. The van der Waals surface area contributed by atoms with Gasteiger partial charge in [0.15, 0.2) is 12.1 Å². The number of carbonyl (C=O) groups is 2. The summed E-state index contributed by atoms with van der Waals surface area (Å²) in [6, 6.07) is 7.87. The van der Waals surface area contributed by atoms with Crippen molar-refractivity contribution in [1.82, 2.24) is 0 Å². The van der Waals surface area contributed by atoms with Gasteiger partial charge in [-0.2, -0.15) is 0 Å². The highest BCUT2D eigenvalue weighted by atomic mass is 16.7. The van der Waals surface area contributed by atoms with Crippen LogP contribution in [0.25, 0.3) is 0 Å². The first-order valence-corrected chi connectivity index (χ1v) is 10.9. The highest BCUT2D eigenvalue weighted by molar-refractivity contribution is 5.91. The van der Waals surface area contributed by atoms with Crippen molar-refractivity contribution in [2.45, 2.75) is 63.6 Å². The molecule has 3 fully saturated rings. The number of hydrogen-bond donors (Lipinski definition) is 0. The Labute approximate surface area is 177 Å². The van der Waals surface area contributed by atoms with E-state index in [1.54, 1.807) is 13.2 Å². The Kier molecular flexibility index (Phi) is 6.97. The molecule has 5 atom stereocenters. The summed E-state index contributed by atoms with van der Waals surface area (Å²) in [5, 5.41) is 0. The molecule has 6 nitrogen and oxygen atoms in total.